The zero-order valence-electron chi connectivity index (χ0n) is 16.5. The predicted molar refractivity (Wildman–Crippen MR) is 98.4 cm³/mol. The van der Waals surface area contributed by atoms with Crippen LogP contribution in [0.5, 0.6) is 0 Å². The van der Waals surface area contributed by atoms with Crippen molar-refractivity contribution in [2.75, 3.05) is 13.1 Å². The quantitative estimate of drug-likeness (QED) is 0.901. The summed E-state index contributed by atoms with van der Waals surface area (Å²) in [6.45, 7) is 12.7. The van der Waals surface area contributed by atoms with Gasteiger partial charge in [-0.15, -0.1) is 0 Å². The fourth-order valence-electron chi connectivity index (χ4n) is 3.98. The molecule has 1 aliphatic heterocycles. The number of nitrogens with zero attached hydrogens (tertiary/aromatic N) is 2. The molecule has 1 saturated heterocycles. The Kier molecular flexibility index (Phi) is 4.49. The fraction of sp³-hybridized carbons (Fsp3) is 0.650. The molecule has 0 aromatic carbocycles. The summed E-state index contributed by atoms with van der Waals surface area (Å²) in [7, 11) is 0. The van der Waals surface area contributed by atoms with Gasteiger partial charge in [-0.2, -0.15) is 0 Å². The van der Waals surface area contributed by atoms with E-state index < -0.39 is 11.1 Å². The van der Waals surface area contributed by atoms with Crippen molar-refractivity contribution in [3.8, 4) is 0 Å². The molecule has 142 valence electrons. The van der Waals surface area contributed by atoms with Crippen molar-refractivity contribution < 1.29 is 14.3 Å². The van der Waals surface area contributed by atoms with Crippen LogP contribution in [0.25, 0.3) is 0 Å². The van der Waals surface area contributed by atoms with Crippen LogP contribution < -0.4 is 5.32 Å². The number of ether oxygens (including phenoxy) is 1. The number of likely N-dealkylation sites (tertiary alicyclic amines) is 1. The monoisotopic (exact) mass is 359 g/mol. The van der Waals surface area contributed by atoms with Crippen LogP contribution in [0.2, 0.25) is 0 Å². The van der Waals surface area contributed by atoms with Gasteiger partial charge < -0.3 is 15.0 Å². The third kappa shape index (κ3) is 3.69. The molecule has 6 nitrogen and oxygen atoms in total. The summed E-state index contributed by atoms with van der Waals surface area (Å²) < 4.78 is 5.42. The summed E-state index contributed by atoms with van der Waals surface area (Å²) in [5.41, 5.74) is 0.925. The van der Waals surface area contributed by atoms with Crippen molar-refractivity contribution in [2.45, 2.75) is 52.7 Å². The molecule has 2 aliphatic rings. The average molecular weight is 359 g/mol. The normalized spacial score (nSPS) is 24.8. The summed E-state index contributed by atoms with van der Waals surface area (Å²) in [6.07, 6.45) is 1.47. The molecule has 0 bridgehead atoms. The predicted octanol–water partition coefficient (Wildman–Crippen LogP) is 2.85. The van der Waals surface area contributed by atoms with E-state index in [-0.39, 0.29) is 29.8 Å². The highest BCUT2D eigenvalue weighted by atomic mass is 16.6. The molecule has 1 N–H and O–H groups in total. The van der Waals surface area contributed by atoms with E-state index in [0.717, 1.165) is 11.3 Å². The molecule has 1 aliphatic carbocycles. The highest BCUT2D eigenvalue weighted by Gasteiger charge is 2.61. The summed E-state index contributed by atoms with van der Waals surface area (Å²) in [6, 6.07) is 3.90. The third-order valence-electron chi connectivity index (χ3n) is 5.19. The van der Waals surface area contributed by atoms with Crippen molar-refractivity contribution in [3.05, 3.63) is 29.6 Å². The van der Waals surface area contributed by atoms with E-state index in [2.05, 4.69) is 10.3 Å². The minimum atomic E-state index is -0.524. The van der Waals surface area contributed by atoms with Crippen molar-refractivity contribution in [1.29, 1.82) is 0 Å². The molecule has 3 rings (SSSR count). The van der Waals surface area contributed by atoms with Gasteiger partial charge in [-0.3, -0.25) is 9.78 Å². The number of carbonyl (C=O) groups excluding carboxylic acids is 2. The molecule has 2 unspecified atom stereocenters. The van der Waals surface area contributed by atoms with Crippen molar-refractivity contribution in [3.63, 3.8) is 0 Å². The van der Waals surface area contributed by atoms with Gasteiger partial charge >= 0.3 is 6.09 Å². The van der Waals surface area contributed by atoms with Crippen LogP contribution in [0.1, 0.15) is 45.9 Å². The van der Waals surface area contributed by atoms with Gasteiger partial charge in [0.2, 0.25) is 5.91 Å². The number of aromatic nitrogens is 1. The lowest BCUT2D eigenvalue weighted by Crippen LogP contribution is -2.44. The van der Waals surface area contributed by atoms with Gasteiger partial charge in [0.1, 0.15) is 5.60 Å². The van der Waals surface area contributed by atoms with E-state index in [1.165, 1.54) is 0 Å². The molecule has 26 heavy (non-hydrogen) atoms. The molecule has 2 fully saturated rings. The van der Waals surface area contributed by atoms with Crippen LogP contribution in [0.3, 0.4) is 0 Å². The number of amides is 2. The molecular formula is C20H29N3O3. The second-order valence-corrected chi connectivity index (χ2v) is 9.02. The first-order chi connectivity index (χ1) is 12.0. The Labute approximate surface area is 155 Å². The Morgan fingerprint density at radius 1 is 1.19 bits per heavy atom. The van der Waals surface area contributed by atoms with Gasteiger partial charge in [-0.05, 0) is 65.0 Å². The van der Waals surface area contributed by atoms with Crippen LogP contribution in [-0.2, 0) is 15.1 Å². The van der Waals surface area contributed by atoms with E-state index >= 15 is 0 Å². The Morgan fingerprint density at radius 3 is 2.35 bits per heavy atom. The second kappa shape index (κ2) is 6.25. The minimum absolute atomic E-state index is 0.0167. The number of piperidine rings is 1. The van der Waals surface area contributed by atoms with E-state index in [1.807, 2.05) is 53.7 Å². The zero-order chi connectivity index (χ0) is 19.3. The lowest BCUT2D eigenvalue weighted by Gasteiger charge is -2.28. The van der Waals surface area contributed by atoms with Gasteiger partial charge in [0.15, 0.2) is 0 Å². The first-order valence-corrected chi connectivity index (χ1v) is 9.21. The molecule has 6 heteroatoms. The first kappa shape index (κ1) is 18.7. The van der Waals surface area contributed by atoms with Crippen molar-refractivity contribution in [2.24, 2.45) is 17.8 Å². The lowest BCUT2D eigenvalue weighted by molar-refractivity contribution is -0.125. The Morgan fingerprint density at radius 2 is 1.81 bits per heavy atom. The van der Waals surface area contributed by atoms with Gasteiger partial charge in [-0.25, -0.2) is 4.79 Å². The fourth-order valence-corrected chi connectivity index (χ4v) is 3.98. The number of pyridine rings is 1. The van der Waals surface area contributed by atoms with Crippen LogP contribution in [-0.4, -0.2) is 40.6 Å². The first-order valence-electron chi connectivity index (χ1n) is 9.21. The minimum Gasteiger partial charge on any atom is -0.444 e. The summed E-state index contributed by atoms with van der Waals surface area (Å²) in [5, 5.41) is 3.15. The van der Waals surface area contributed by atoms with E-state index in [4.69, 9.17) is 4.74 Å². The summed E-state index contributed by atoms with van der Waals surface area (Å²) in [4.78, 5) is 31.1. The Hall–Kier alpha value is -2.11. The molecular weight excluding hydrogens is 330 g/mol. The maximum atomic E-state index is 12.8. The molecule has 0 spiro atoms. The highest BCUT2D eigenvalue weighted by molar-refractivity contribution is 5.84. The molecule has 0 radical (unpaired) electrons. The van der Waals surface area contributed by atoms with Gasteiger partial charge in [-0.1, -0.05) is 6.07 Å². The van der Waals surface area contributed by atoms with Crippen LogP contribution in [0.4, 0.5) is 4.79 Å². The molecule has 1 aromatic heterocycles. The number of hydrogen-bond acceptors (Lipinski definition) is 4. The standard InChI is InChI=1S/C20H29N3O3/c1-12-8-7-9-21-16(12)20(5,6)22-17(24)15-13-10-23(11-14(13)15)18(25)26-19(2,3)4/h7-9,13-15H,10-11H2,1-6H3,(H,22,24)/t13-,14?,15?/m1/s1. The van der Waals surface area contributed by atoms with E-state index in [9.17, 15) is 9.59 Å². The van der Waals surface area contributed by atoms with Gasteiger partial charge in [0, 0.05) is 25.2 Å². The highest BCUT2D eigenvalue weighted by Crippen LogP contribution is 2.52. The average Bonchev–Trinajstić information content (AvgIpc) is 3.00. The molecule has 1 saturated carbocycles. The van der Waals surface area contributed by atoms with Crippen LogP contribution in [0, 0.1) is 24.7 Å². The molecule has 3 atom stereocenters. The molecule has 2 heterocycles. The maximum Gasteiger partial charge on any atom is 0.410 e. The third-order valence-corrected chi connectivity index (χ3v) is 5.19. The number of fused-ring (bicyclic) bond motifs is 1. The Bertz CT molecular complexity index is 711. The molecule has 2 amide bonds. The topological polar surface area (TPSA) is 71.5 Å². The van der Waals surface area contributed by atoms with Crippen LogP contribution in [0.15, 0.2) is 18.3 Å². The summed E-state index contributed by atoms with van der Waals surface area (Å²) >= 11 is 0. The van der Waals surface area contributed by atoms with E-state index in [0.29, 0.717) is 13.1 Å². The lowest BCUT2D eigenvalue weighted by atomic mass is 9.95. The second-order valence-electron chi connectivity index (χ2n) is 9.02. The van der Waals surface area contributed by atoms with Crippen molar-refractivity contribution >= 4 is 12.0 Å². The van der Waals surface area contributed by atoms with Crippen LogP contribution >= 0.6 is 0 Å². The number of rotatable bonds is 3. The SMILES string of the molecule is Cc1cccnc1C(C)(C)NC(=O)C1C2CN(C(=O)OC(C)(C)C)C[C@H]21. The number of aryl methyl sites for hydroxylation is 1. The molecule has 1 aromatic rings. The zero-order valence-corrected chi connectivity index (χ0v) is 16.5. The van der Waals surface area contributed by atoms with Gasteiger partial charge in [0.05, 0.1) is 11.2 Å². The largest absolute Gasteiger partial charge is 0.444 e. The smallest absolute Gasteiger partial charge is 0.410 e. The maximum absolute atomic E-state index is 12.8. The van der Waals surface area contributed by atoms with Crippen molar-refractivity contribution in [1.82, 2.24) is 15.2 Å². The Balaban J connectivity index is 1.57. The number of hydrogen-bond donors (Lipinski definition) is 1. The van der Waals surface area contributed by atoms with E-state index in [1.54, 1.807) is 11.1 Å². The number of nitrogens with one attached hydrogen (secondary N) is 1. The van der Waals surface area contributed by atoms with Gasteiger partial charge in [0.25, 0.3) is 0 Å². The number of carbonyl (C=O) groups is 2. The summed E-state index contributed by atoms with van der Waals surface area (Å²) in [5.74, 6) is 0.516.